The third kappa shape index (κ3) is 3.49. The van der Waals surface area contributed by atoms with Crippen LogP contribution in [0.1, 0.15) is 25.5 Å². The Hall–Kier alpha value is -3.34. The molecule has 0 aliphatic heterocycles. The molecule has 0 aliphatic carbocycles. The summed E-state index contributed by atoms with van der Waals surface area (Å²) in [6.45, 7) is 4.77. The van der Waals surface area contributed by atoms with Gasteiger partial charge in [0, 0.05) is 30.5 Å². The van der Waals surface area contributed by atoms with Gasteiger partial charge in [0.2, 0.25) is 0 Å². The molecule has 0 bridgehead atoms. The first-order valence-corrected chi connectivity index (χ1v) is 9.09. The standard InChI is InChI=1S/C22H22N4O/c1-15(2)26-21-11-17(8-9-20(21)25-22(26)27)18-10-19(14-23-13-18)24-12-16-6-4-3-5-7-16/h3-11,13-15,24H,12H2,1-2H3,(H,25,27). The fourth-order valence-corrected chi connectivity index (χ4v) is 3.31. The maximum atomic E-state index is 12.2. The normalized spacial score (nSPS) is 11.2. The minimum absolute atomic E-state index is 0.0754. The molecule has 0 aliphatic rings. The number of aromatic amines is 1. The van der Waals surface area contributed by atoms with E-state index in [4.69, 9.17) is 0 Å². The van der Waals surface area contributed by atoms with E-state index in [1.54, 1.807) is 4.57 Å². The molecule has 136 valence electrons. The highest BCUT2D eigenvalue weighted by Crippen LogP contribution is 2.26. The van der Waals surface area contributed by atoms with Crippen molar-refractivity contribution in [3.05, 3.63) is 83.0 Å². The smallest absolute Gasteiger partial charge is 0.326 e. The van der Waals surface area contributed by atoms with Crippen LogP contribution in [0.5, 0.6) is 0 Å². The average molecular weight is 358 g/mol. The van der Waals surface area contributed by atoms with E-state index in [0.29, 0.717) is 0 Å². The second-order valence-corrected chi connectivity index (χ2v) is 6.93. The topological polar surface area (TPSA) is 62.7 Å². The van der Waals surface area contributed by atoms with Crippen molar-refractivity contribution < 1.29 is 0 Å². The highest BCUT2D eigenvalue weighted by Gasteiger charge is 2.11. The number of pyridine rings is 1. The van der Waals surface area contributed by atoms with Gasteiger partial charge in [-0.15, -0.1) is 0 Å². The molecule has 0 amide bonds. The van der Waals surface area contributed by atoms with Crippen LogP contribution in [0.2, 0.25) is 0 Å². The second kappa shape index (κ2) is 7.11. The first-order chi connectivity index (χ1) is 13.1. The van der Waals surface area contributed by atoms with Crippen molar-refractivity contribution in [1.82, 2.24) is 14.5 Å². The van der Waals surface area contributed by atoms with Crippen molar-refractivity contribution in [2.24, 2.45) is 0 Å². The Bertz CT molecular complexity index is 1130. The monoisotopic (exact) mass is 358 g/mol. The van der Waals surface area contributed by atoms with Crippen LogP contribution in [-0.4, -0.2) is 14.5 Å². The summed E-state index contributed by atoms with van der Waals surface area (Å²) in [4.78, 5) is 19.5. The molecule has 0 spiro atoms. The third-order valence-corrected chi connectivity index (χ3v) is 4.65. The van der Waals surface area contributed by atoms with Gasteiger partial charge in [-0.25, -0.2) is 4.79 Å². The molecule has 2 heterocycles. The molecule has 0 saturated heterocycles. The number of H-pyrrole nitrogens is 1. The molecule has 0 saturated carbocycles. The lowest BCUT2D eigenvalue weighted by atomic mass is 10.1. The fraction of sp³-hybridized carbons (Fsp3) is 0.182. The van der Waals surface area contributed by atoms with Gasteiger partial charge in [0.15, 0.2) is 0 Å². The molecule has 0 unspecified atom stereocenters. The maximum Gasteiger partial charge on any atom is 0.326 e. The number of anilines is 1. The number of fused-ring (bicyclic) bond motifs is 1. The number of aromatic nitrogens is 3. The molecular formula is C22H22N4O. The van der Waals surface area contributed by atoms with E-state index in [9.17, 15) is 4.79 Å². The van der Waals surface area contributed by atoms with E-state index < -0.39 is 0 Å². The fourth-order valence-electron chi connectivity index (χ4n) is 3.31. The molecule has 27 heavy (non-hydrogen) atoms. The summed E-state index contributed by atoms with van der Waals surface area (Å²) in [5.74, 6) is 0. The number of benzene rings is 2. The van der Waals surface area contributed by atoms with Gasteiger partial charge in [-0.05, 0) is 43.2 Å². The average Bonchev–Trinajstić information content (AvgIpc) is 3.02. The SMILES string of the molecule is CC(C)n1c(=O)[nH]c2ccc(-c3cncc(NCc4ccccc4)c3)cc21. The minimum atomic E-state index is -0.0754. The third-order valence-electron chi connectivity index (χ3n) is 4.65. The zero-order chi connectivity index (χ0) is 18.8. The van der Waals surface area contributed by atoms with Crippen LogP contribution in [0, 0.1) is 0 Å². The molecule has 0 fully saturated rings. The summed E-state index contributed by atoms with van der Waals surface area (Å²) in [5.41, 5.74) is 5.92. The van der Waals surface area contributed by atoms with Gasteiger partial charge < -0.3 is 10.3 Å². The number of nitrogens with one attached hydrogen (secondary N) is 2. The molecule has 4 rings (SSSR count). The summed E-state index contributed by atoms with van der Waals surface area (Å²) in [6.07, 6.45) is 3.67. The van der Waals surface area contributed by atoms with Gasteiger partial charge in [-0.2, -0.15) is 0 Å². The van der Waals surface area contributed by atoms with Crippen molar-refractivity contribution in [1.29, 1.82) is 0 Å². The van der Waals surface area contributed by atoms with Crippen LogP contribution in [-0.2, 0) is 6.54 Å². The Balaban J connectivity index is 1.65. The van der Waals surface area contributed by atoms with Crippen LogP contribution in [0.15, 0.2) is 71.8 Å². The van der Waals surface area contributed by atoms with E-state index in [-0.39, 0.29) is 11.7 Å². The Morgan fingerprint density at radius 2 is 1.85 bits per heavy atom. The summed E-state index contributed by atoms with van der Waals surface area (Å²) >= 11 is 0. The van der Waals surface area contributed by atoms with Crippen LogP contribution in [0.3, 0.4) is 0 Å². The summed E-state index contributed by atoms with van der Waals surface area (Å²) in [7, 11) is 0. The second-order valence-electron chi connectivity index (χ2n) is 6.93. The van der Waals surface area contributed by atoms with Crippen molar-refractivity contribution in [3.8, 4) is 11.1 Å². The number of hydrogen-bond donors (Lipinski definition) is 2. The Morgan fingerprint density at radius 1 is 1.04 bits per heavy atom. The Morgan fingerprint density at radius 3 is 2.63 bits per heavy atom. The Labute approximate surface area is 157 Å². The Kier molecular flexibility index (Phi) is 4.50. The van der Waals surface area contributed by atoms with Crippen LogP contribution >= 0.6 is 0 Å². The molecule has 2 aromatic carbocycles. The number of hydrogen-bond acceptors (Lipinski definition) is 3. The first-order valence-electron chi connectivity index (χ1n) is 9.09. The highest BCUT2D eigenvalue weighted by atomic mass is 16.1. The predicted molar refractivity (Wildman–Crippen MR) is 110 cm³/mol. The van der Waals surface area contributed by atoms with E-state index in [1.165, 1.54) is 5.56 Å². The van der Waals surface area contributed by atoms with Crippen molar-refractivity contribution in [2.45, 2.75) is 26.4 Å². The lowest BCUT2D eigenvalue weighted by Gasteiger charge is -2.10. The van der Waals surface area contributed by atoms with Crippen molar-refractivity contribution >= 4 is 16.7 Å². The predicted octanol–water partition coefficient (Wildman–Crippen LogP) is 4.58. The van der Waals surface area contributed by atoms with Gasteiger partial charge >= 0.3 is 5.69 Å². The summed E-state index contributed by atoms with van der Waals surface area (Å²) < 4.78 is 1.78. The van der Waals surface area contributed by atoms with Crippen molar-refractivity contribution in [2.75, 3.05) is 5.32 Å². The van der Waals surface area contributed by atoms with Gasteiger partial charge in [-0.1, -0.05) is 36.4 Å². The van der Waals surface area contributed by atoms with Gasteiger partial charge in [-0.3, -0.25) is 9.55 Å². The lowest BCUT2D eigenvalue weighted by molar-refractivity contribution is 0.598. The van der Waals surface area contributed by atoms with Gasteiger partial charge in [0.1, 0.15) is 0 Å². The molecule has 4 aromatic rings. The minimum Gasteiger partial charge on any atom is -0.380 e. The molecule has 0 radical (unpaired) electrons. The molecule has 5 heteroatoms. The van der Waals surface area contributed by atoms with Gasteiger partial charge in [0.05, 0.1) is 16.7 Å². The van der Waals surface area contributed by atoms with E-state index >= 15 is 0 Å². The molecule has 2 aromatic heterocycles. The summed E-state index contributed by atoms with van der Waals surface area (Å²) in [6, 6.07) is 18.5. The zero-order valence-corrected chi connectivity index (χ0v) is 15.4. The maximum absolute atomic E-state index is 12.2. The number of imidazole rings is 1. The first kappa shape index (κ1) is 17.1. The summed E-state index contributed by atoms with van der Waals surface area (Å²) in [5, 5.41) is 3.42. The van der Waals surface area contributed by atoms with E-state index in [1.807, 2.05) is 62.6 Å². The lowest BCUT2D eigenvalue weighted by Crippen LogP contribution is -2.18. The number of rotatable bonds is 5. The van der Waals surface area contributed by atoms with Crippen LogP contribution in [0.4, 0.5) is 5.69 Å². The van der Waals surface area contributed by atoms with Gasteiger partial charge in [0.25, 0.3) is 0 Å². The van der Waals surface area contributed by atoms with Crippen LogP contribution < -0.4 is 11.0 Å². The van der Waals surface area contributed by atoms with E-state index in [2.05, 4.69) is 33.5 Å². The molecule has 2 N–H and O–H groups in total. The molecule has 5 nitrogen and oxygen atoms in total. The largest absolute Gasteiger partial charge is 0.380 e. The quantitative estimate of drug-likeness (QED) is 0.549. The highest BCUT2D eigenvalue weighted by molar-refractivity contribution is 5.82. The van der Waals surface area contributed by atoms with E-state index in [0.717, 1.165) is 34.4 Å². The number of nitrogens with zero attached hydrogens (tertiary/aromatic N) is 2. The molecule has 0 atom stereocenters. The zero-order valence-electron chi connectivity index (χ0n) is 15.4. The molecular weight excluding hydrogens is 336 g/mol. The van der Waals surface area contributed by atoms with Crippen LogP contribution in [0.25, 0.3) is 22.2 Å². The van der Waals surface area contributed by atoms with Crippen molar-refractivity contribution in [3.63, 3.8) is 0 Å².